The molecule has 0 aliphatic heterocycles. The van der Waals surface area contributed by atoms with E-state index < -0.39 is 0 Å². The van der Waals surface area contributed by atoms with Crippen LogP contribution in [0.15, 0.2) is 173 Å². The number of hydrogen-bond acceptors (Lipinski definition) is 2. The molecule has 0 radical (unpaired) electrons. The Morgan fingerprint density at radius 3 is 1.76 bits per heavy atom. The molecule has 3 heteroatoms. The van der Waals surface area contributed by atoms with Crippen LogP contribution < -0.4 is 0 Å². The third-order valence-corrected chi connectivity index (χ3v) is 10.3. The van der Waals surface area contributed by atoms with E-state index in [0.717, 1.165) is 49.7 Å². The second-order valence-corrected chi connectivity index (χ2v) is 12.8. The van der Waals surface area contributed by atoms with E-state index in [-0.39, 0.29) is 0 Å². The predicted octanol–water partition coefficient (Wildman–Crippen LogP) is 13.1. The number of para-hydroxylation sites is 3. The van der Waals surface area contributed by atoms with Crippen molar-refractivity contribution in [3.8, 4) is 27.9 Å². The van der Waals surface area contributed by atoms with Crippen LogP contribution in [0.3, 0.4) is 0 Å². The Bertz CT molecular complexity index is 3050. The van der Waals surface area contributed by atoms with Crippen LogP contribution in [-0.4, -0.2) is 4.57 Å². The lowest BCUT2D eigenvalue weighted by Gasteiger charge is -2.17. The standard InChI is InChI=1S/C46H27NO2/c1-2-12-29(13-3-1)47-39-20-10-8-14-30(39)31-23-22-28(26-40(31)47)43-33-16-4-6-18-35(33)44(36-19-7-5-17-34(36)43)38-27-48-42-25-24-37-32-15-9-11-21-41(32)49-46(37)45(38)42/h1-27H. The van der Waals surface area contributed by atoms with E-state index in [9.17, 15) is 0 Å². The van der Waals surface area contributed by atoms with Crippen LogP contribution in [0, 0.1) is 0 Å². The van der Waals surface area contributed by atoms with Crippen LogP contribution in [-0.2, 0) is 0 Å². The first-order valence-corrected chi connectivity index (χ1v) is 16.7. The van der Waals surface area contributed by atoms with Gasteiger partial charge in [-0.1, -0.05) is 115 Å². The van der Waals surface area contributed by atoms with Crippen molar-refractivity contribution in [3.63, 3.8) is 0 Å². The molecule has 49 heavy (non-hydrogen) atoms. The number of nitrogens with zero attached hydrogens (tertiary/aromatic N) is 1. The van der Waals surface area contributed by atoms with Crippen molar-refractivity contribution in [1.82, 2.24) is 4.57 Å². The van der Waals surface area contributed by atoms with E-state index in [1.165, 1.54) is 54.5 Å². The summed E-state index contributed by atoms with van der Waals surface area (Å²) in [5.41, 5.74) is 10.7. The monoisotopic (exact) mass is 625 g/mol. The lowest BCUT2D eigenvalue weighted by atomic mass is 9.85. The van der Waals surface area contributed by atoms with Crippen molar-refractivity contribution >= 4 is 76.3 Å². The second-order valence-electron chi connectivity index (χ2n) is 12.8. The largest absolute Gasteiger partial charge is 0.464 e. The number of benzene rings is 8. The van der Waals surface area contributed by atoms with Gasteiger partial charge in [0.05, 0.1) is 22.7 Å². The van der Waals surface area contributed by atoms with E-state index in [0.29, 0.717) is 0 Å². The second kappa shape index (κ2) is 9.96. The van der Waals surface area contributed by atoms with Gasteiger partial charge in [-0.15, -0.1) is 0 Å². The fourth-order valence-corrected chi connectivity index (χ4v) is 8.20. The molecule has 3 aromatic heterocycles. The van der Waals surface area contributed by atoms with Crippen molar-refractivity contribution in [2.45, 2.75) is 0 Å². The molecular weight excluding hydrogens is 599 g/mol. The number of fused-ring (bicyclic) bond motifs is 10. The first-order valence-electron chi connectivity index (χ1n) is 16.7. The van der Waals surface area contributed by atoms with Crippen LogP contribution in [0.4, 0.5) is 0 Å². The average Bonchev–Trinajstić information content (AvgIpc) is 3.85. The molecule has 0 aliphatic rings. The van der Waals surface area contributed by atoms with Crippen LogP contribution in [0.2, 0.25) is 0 Å². The molecule has 0 atom stereocenters. The maximum absolute atomic E-state index is 6.55. The average molecular weight is 626 g/mol. The molecule has 0 unspecified atom stereocenters. The molecule has 0 bridgehead atoms. The van der Waals surface area contributed by atoms with Gasteiger partial charge < -0.3 is 13.4 Å². The molecule has 0 saturated carbocycles. The van der Waals surface area contributed by atoms with Gasteiger partial charge in [-0.05, 0) is 75.1 Å². The van der Waals surface area contributed by atoms with Crippen molar-refractivity contribution in [3.05, 3.63) is 164 Å². The molecule has 11 aromatic rings. The zero-order valence-electron chi connectivity index (χ0n) is 26.4. The molecule has 3 nitrogen and oxygen atoms in total. The number of aromatic nitrogens is 1. The highest BCUT2D eigenvalue weighted by atomic mass is 16.3. The van der Waals surface area contributed by atoms with Crippen molar-refractivity contribution in [2.24, 2.45) is 0 Å². The quantitative estimate of drug-likeness (QED) is 0.183. The van der Waals surface area contributed by atoms with Gasteiger partial charge in [0.2, 0.25) is 0 Å². The summed E-state index contributed by atoms with van der Waals surface area (Å²) in [5, 5.41) is 10.5. The van der Waals surface area contributed by atoms with Gasteiger partial charge in [0.1, 0.15) is 16.7 Å². The van der Waals surface area contributed by atoms with E-state index >= 15 is 0 Å². The van der Waals surface area contributed by atoms with Gasteiger partial charge in [0.15, 0.2) is 0 Å². The van der Waals surface area contributed by atoms with E-state index in [1.807, 2.05) is 18.4 Å². The molecule has 11 rings (SSSR count). The smallest absolute Gasteiger partial charge is 0.147 e. The minimum absolute atomic E-state index is 0.818. The third-order valence-electron chi connectivity index (χ3n) is 10.3. The molecule has 0 N–H and O–H groups in total. The lowest BCUT2D eigenvalue weighted by molar-refractivity contribution is 0.616. The molecule has 0 saturated heterocycles. The summed E-state index contributed by atoms with van der Waals surface area (Å²) in [5.74, 6) is 0. The molecule has 228 valence electrons. The Balaban J connectivity index is 1.24. The SMILES string of the molecule is c1ccc(-n2c3ccccc3c3ccc(-c4c5ccccc5c(-c5coc6ccc7c8ccccc8oc7c56)c5ccccc45)cc32)cc1. The fraction of sp³-hybridized carbons (Fsp3) is 0. The number of furan rings is 2. The molecule has 0 spiro atoms. The zero-order chi connectivity index (χ0) is 32.1. The normalized spacial score (nSPS) is 12.1. The Morgan fingerprint density at radius 1 is 0.408 bits per heavy atom. The minimum atomic E-state index is 0.818. The summed E-state index contributed by atoms with van der Waals surface area (Å²) >= 11 is 0. The summed E-state index contributed by atoms with van der Waals surface area (Å²) in [6.07, 6.45) is 1.91. The molecule has 3 heterocycles. The Hall–Kier alpha value is -6.58. The van der Waals surface area contributed by atoms with Gasteiger partial charge in [-0.25, -0.2) is 0 Å². The van der Waals surface area contributed by atoms with Gasteiger partial charge in [0, 0.05) is 38.4 Å². The van der Waals surface area contributed by atoms with Crippen molar-refractivity contribution in [1.29, 1.82) is 0 Å². The van der Waals surface area contributed by atoms with Crippen LogP contribution in [0.1, 0.15) is 0 Å². The van der Waals surface area contributed by atoms with Crippen LogP contribution >= 0.6 is 0 Å². The molecule has 0 amide bonds. The number of rotatable bonds is 3. The van der Waals surface area contributed by atoms with E-state index in [1.54, 1.807) is 0 Å². The highest BCUT2D eigenvalue weighted by molar-refractivity contribution is 6.27. The lowest BCUT2D eigenvalue weighted by Crippen LogP contribution is -1.94. The highest BCUT2D eigenvalue weighted by Gasteiger charge is 2.23. The first kappa shape index (κ1) is 26.5. The first-order chi connectivity index (χ1) is 24.3. The van der Waals surface area contributed by atoms with Gasteiger partial charge >= 0.3 is 0 Å². The summed E-state index contributed by atoms with van der Waals surface area (Å²) in [7, 11) is 0. The van der Waals surface area contributed by atoms with Crippen LogP contribution in [0.5, 0.6) is 0 Å². The molecule has 0 aliphatic carbocycles. The van der Waals surface area contributed by atoms with Crippen molar-refractivity contribution in [2.75, 3.05) is 0 Å². The molecular formula is C46H27NO2. The molecule has 0 fully saturated rings. The summed E-state index contributed by atoms with van der Waals surface area (Å²) in [4.78, 5) is 0. The summed E-state index contributed by atoms with van der Waals surface area (Å²) < 4.78 is 15.2. The highest BCUT2D eigenvalue weighted by Crippen LogP contribution is 2.48. The summed E-state index contributed by atoms with van der Waals surface area (Å²) in [6, 6.07) is 56.4. The maximum atomic E-state index is 6.55. The van der Waals surface area contributed by atoms with Gasteiger partial charge in [-0.2, -0.15) is 0 Å². The Kier molecular flexibility index (Phi) is 5.38. The number of hydrogen-bond donors (Lipinski definition) is 0. The minimum Gasteiger partial charge on any atom is -0.464 e. The predicted molar refractivity (Wildman–Crippen MR) is 204 cm³/mol. The molecule has 8 aromatic carbocycles. The zero-order valence-corrected chi connectivity index (χ0v) is 26.4. The topological polar surface area (TPSA) is 31.2 Å². The maximum Gasteiger partial charge on any atom is 0.147 e. The fourth-order valence-electron chi connectivity index (χ4n) is 8.20. The Morgan fingerprint density at radius 2 is 1.00 bits per heavy atom. The van der Waals surface area contributed by atoms with Gasteiger partial charge in [-0.3, -0.25) is 0 Å². The van der Waals surface area contributed by atoms with Gasteiger partial charge in [0.25, 0.3) is 0 Å². The van der Waals surface area contributed by atoms with Crippen LogP contribution in [0.25, 0.3) is 104 Å². The van der Waals surface area contributed by atoms with E-state index in [4.69, 9.17) is 8.83 Å². The van der Waals surface area contributed by atoms with Crippen molar-refractivity contribution < 1.29 is 8.83 Å². The third kappa shape index (κ3) is 3.67. The van der Waals surface area contributed by atoms with E-state index in [2.05, 4.69) is 150 Å². The summed E-state index contributed by atoms with van der Waals surface area (Å²) in [6.45, 7) is 0. The Labute approximate surface area is 280 Å².